The smallest absolute Gasteiger partial charge is 0.196 e. The topological polar surface area (TPSA) is 42.9 Å². The average molecular weight is 461 g/mol. The van der Waals surface area contributed by atoms with Gasteiger partial charge in [0.05, 0.1) is 0 Å². The van der Waals surface area contributed by atoms with Crippen LogP contribution < -0.4 is 0 Å². The van der Waals surface area contributed by atoms with Gasteiger partial charge in [0.15, 0.2) is 5.78 Å². The number of nitrogens with zero attached hydrogens (tertiary/aromatic N) is 2. The molecule has 0 saturated heterocycles. The molecule has 0 amide bonds. The predicted molar refractivity (Wildman–Crippen MR) is 132 cm³/mol. The summed E-state index contributed by atoms with van der Waals surface area (Å²) >= 11 is 12.9. The van der Waals surface area contributed by atoms with E-state index in [1.807, 2.05) is 74.5 Å². The fourth-order valence-electron chi connectivity index (χ4n) is 3.79. The lowest BCUT2D eigenvalue weighted by atomic mass is 9.95. The highest BCUT2D eigenvalue weighted by molar-refractivity contribution is 6.33. The number of aromatic nitrogens is 2. The van der Waals surface area contributed by atoms with Crippen LogP contribution in [0.1, 0.15) is 41.2 Å². The van der Waals surface area contributed by atoms with E-state index in [9.17, 15) is 4.79 Å². The lowest BCUT2D eigenvalue weighted by Crippen LogP contribution is -2.07. The third kappa shape index (κ3) is 4.32. The predicted octanol–water partition coefficient (Wildman–Crippen LogP) is 7.47. The summed E-state index contributed by atoms with van der Waals surface area (Å²) in [6, 6.07) is 18.9. The Morgan fingerprint density at radius 3 is 1.47 bits per heavy atom. The number of rotatable bonds is 6. The molecule has 0 fully saturated rings. The molecule has 2 aromatic heterocycles. The van der Waals surface area contributed by atoms with Gasteiger partial charge in [0.2, 0.25) is 0 Å². The van der Waals surface area contributed by atoms with Crippen LogP contribution in [0.3, 0.4) is 0 Å². The summed E-state index contributed by atoms with van der Waals surface area (Å²) in [6.45, 7) is 4.07. The molecular weight excluding hydrogens is 439 g/mol. The summed E-state index contributed by atoms with van der Waals surface area (Å²) in [6.07, 6.45) is 4.73. The molecule has 0 atom stereocenters. The van der Waals surface area contributed by atoms with Gasteiger partial charge in [-0.3, -0.25) is 14.8 Å². The Bertz CT molecular complexity index is 1200. The molecule has 0 unspecified atom stereocenters. The Hall–Kier alpha value is -3.01. The number of pyridine rings is 2. The van der Waals surface area contributed by atoms with Crippen molar-refractivity contribution in [2.45, 2.75) is 26.7 Å². The summed E-state index contributed by atoms with van der Waals surface area (Å²) in [5.74, 6) is -0.142. The Morgan fingerprint density at radius 1 is 0.688 bits per heavy atom. The van der Waals surface area contributed by atoms with Crippen LogP contribution in [-0.4, -0.2) is 15.8 Å². The second kappa shape index (κ2) is 9.64. The van der Waals surface area contributed by atoms with E-state index < -0.39 is 0 Å². The number of carbonyl (C=O) groups is 1. The van der Waals surface area contributed by atoms with E-state index in [4.69, 9.17) is 23.2 Å². The Kier molecular flexibility index (Phi) is 6.69. The first-order chi connectivity index (χ1) is 15.5. The van der Waals surface area contributed by atoms with Gasteiger partial charge in [-0.15, -0.1) is 0 Å². The molecule has 0 aliphatic carbocycles. The number of carbonyl (C=O) groups excluding carboxylic acids is 1. The Morgan fingerprint density at radius 2 is 1.09 bits per heavy atom. The minimum absolute atomic E-state index is 0.142. The van der Waals surface area contributed by atoms with Gasteiger partial charge in [0.1, 0.15) is 0 Å². The first kappa shape index (κ1) is 22.2. The van der Waals surface area contributed by atoms with Crippen LogP contribution in [0, 0.1) is 0 Å². The molecule has 0 radical (unpaired) electrons. The minimum atomic E-state index is -0.142. The molecule has 0 spiro atoms. The fraction of sp³-hybridized carbons (Fsp3) is 0.148. The Labute approximate surface area is 198 Å². The van der Waals surface area contributed by atoms with E-state index in [0.29, 0.717) is 21.2 Å². The zero-order valence-corrected chi connectivity index (χ0v) is 19.4. The number of halogens is 2. The standard InChI is InChI=1S/C27H22Cl2N2O/c1-3-25-21(19-9-5-7-11-23(19)28)13-17(15-30-25)27(32)18-14-22(26(4-2)31-16-18)20-10-6-8-12-24(20)29/h5-16H,3-4H2,1-2H3. The van der Waals surface area contributed by atoms with Crippen molar-refractivity contribution in [3.63, 3.8) is 0 Å². The molecule has 5 heteroatoms. The molecule has 2 aromatic carbocycles. The van der Waals surface area contributed by atoms with E-state index in [1.54, 1.807) is 12.4 Å². The number of ketones is 1. The number of aryl methyl sites for hydroxylation is 2. The molecule has 160 valence electrons. The van der Waals surface area contributed by atoms with Gasteiger partial charge < -0.3 is 0 Å². The maximum atomic E-state index is 13.4. The molecule has 32 heavy (non-hydrogen) atoms. The fourth-order valence-corrected chi connectivity index (χ4v) is 4.27. The molecule has 0 aliphatic rings. The van der Waals surface area contributed by atoms with Gasteiger partial charge in [0, 0.05) is 67.2 Å². The first-order valence-corrected chi connectivity index (χ1v) is 11.3. The molecule has 4 rings (SSSR count). The lowest BCUT2D eigenvalue weighted by molar-refractivity contribution is 0.103. The van der Waals surface area contributed by atoms with Crippen LogP contribution in [0.15, 0.2) is 73.1 Å². The Balaban J connectivity index is 1.80. The number of hydrogen-bond acceptors (Lipinski definition) is 3. The van der Waals surface area contributed by atoms with E-state index in [0.717, 1.165) is 46.5 Å². The van der Waals surface area contributed by atoms with Gasteiger partial charge in [0.25, 0.3) is 0 Å². The maximum absolute atomic E-state index is 13.4. The van der Waals surface area contributed by atoms with E-state index in [-0.39, 0.29) is 5.78 Å². The molecule has 4 aromatic rings. The molecule has 0 N–H and O–H groups in total. The van der Waals surface area contributed by atoms with Gasteiger partial charge >= 0.3 is 0 Å². The largest absolute Gasteiger partial charge is 0.288 e. The van der Waals surface area contributed by atoms with Crippen molar-refractivity contribution in [3.8, 4) is 22.3 Å². The minimum Gasteiger partial charge on any atom is -0.288 e. The van der Waals surface area contributed by atoms with Crippen molar-refractivity contribution < 1.29 is 4.79 Å². The van der Waals surface area contributed by atoms with Crippen molar-refractivity contribution in [1.82, 2.24) is 9.97 Å². The normalized spacial score (nSPS) is 10.9. The monoisotopic (exact) mass is 460 g/mol. The maximum Gasteiger partial charge on any atom is 0.196 e. The van der Waals surface area contributed by atoms with Crippen LogP contribution in [0.4, 0.5) is 0 Å². The van der Waals surface area contributed by atoms with Crippen LogP contribution in [0.5, 0.6) is 0 Å². The number of hydrogen-bond donors (Lipinski definition) is 0. The highest BCUT2D eigenvalue weighted by Crippen LogP contribution is 2.33. The van der Waals surface area contributed by atoms with Crippen molar-refractivity contribution in [2.75, 3.05) is 0 Å². The molecule has 3 nitrogen and oxygen atoms in total. The van der Waals surface area contributed by atoms with Crippen LogP contribution in [0.2, 0.25) is 10.0 Å². The van der Waals surface area contributed by atoms with Crippen molar-refractivity contribution >= 4 is 29.0 Å². The van der Waals surface area contributed by atoms with Gasteiger partial charge in [-0.05, 0) is 37.1 Å². The molecule has 2 heterocycles. The van der Waals surface area contributed by atoms with Crippen LogP contribution >= 0.6 is 23.2 Å². The molecular formula is C27H22Cl2N2O. The summed E-state index contributed by atoms with van der Waals surface area (Å²) in [5, 5.41) is 1.26. The van der Waals surface area contributed by atoms with Gasteiger partial charge in [-0.2, -0.15) is 0 Å². The lowest BCUT2D eigenvalue weighted by Gasteiger charge is -2.13. The zero-order valence-electron chi connectivity index (χ0n) is 17.9. The van der Waals surface area contributed by atoms with E-state index >= 15 is 0 Å². The average Bonchev–Trinajstić information content (AvgIpc) is 2.83. The zero-order chi connectivity index (χ0) is 22.7. The van der Waals surface area contributed by atoms with Crippen molar-refractivity contribution in [1.29, 1.82) is 0 Å². The summed E-state index contributed by atoms with van der Waals surface area (Å²) < 4.78 is 0. The van der Waals surface area contributed by atoms with Crippen LogP contribution in [0.25, 0.3) is 22.3 Å². The number of benzene rings is 2. The summed E-state index contributed by atoms with van der Waals surface area (Å²) in [7, 11) is 0. The van der Waals surface area contributed by atoms with E-state index in [1.165, 1.54) is 0 Å². The second-order valence-corrected chi connectivity index (χ2v) is 8.25. The first-order valence-electron chi connectivity index (χ1n) is 10.6. The highest BCUT2D eigenvalue weighted by atomic mass is 35.5. The van der Waals surface area contributed by atoms with Crippen molar-refractivity contribution in [2.24, 2.45) is 0 Å². The summed E-state index contributed by atoms with van der Waals surface area (Å²) in [5.41, 5.74) is 6.24. The van der Waals surface area contributed by atoms with E-state index in [2.05, 4.69) is 9.97 Å². The third-order valence-corrected chi connectivity index (χ3v) is 6.12. The quantitative estimate of drug-likeness (QED) is 0.280. The summed E-state index contributed by atoms with van der Waals surface area (Å²) in [4.78, 5) is 22.6. The SMILES string of the molecule is CCc1ncc(C(=O)c2cnc(CC)c(-c3ccccc3Cl)c2)cc1-c1ccccc1Cl. The molecule has 0 bridgehead atoms. The third-order valence-electron chi connectivity index (χ3n) is 5.46. The molecule has 0 saturated carbocycles. The van der Waals surface area contributed by atoms with Gasteiger partial charge in [-0.1, -0.05) is 73.4 Å². The van der Waals surface area contributed by atoms with Crippen molar-refractivity contribution in [3.05, 3.63) is 106 Å². The van der Waals surface area contributed by atoms with Gasteiger partial charge in [-0.25, -0.2) is 0 Å². The second-order valence-electron chi connectivity index (χ2n) is 7.43. The molecule has 0 aliphatic heterocycles. The highest BCUT2D eigenvalue weighted by Gasteiger charge is 2.18. The van der Waals surface area contributed by atoms with Crippen LogP contribution in [-0.2, 0) is 12.8 Å².